The van der Waals surface area contributed by atoms with Crippen molar-refractivity contribution in [3.63, 3.8) is 0 Å². The fourth-order valence-corrected chi connectivity index (χ4v) is 3.61. The lowest BCUT2D eigenvalue weighted by Crippen LogP contribution is -2.42. The average Bonchev–Trinajstić information content (AvgIpc) is 3.13. The molecule has 1 aliphatic rings. The minimum absolute atomic E-state index is 0.126. The van der Waals surface area contributed by atoms with Gasteiger partial charge in [0.25, 0.3) is 5.91 Å². The van der Waals surface area contributed by atoms with Gasteiger partial charge in [0.2, 0.25) is 5.91 Å². The minimum atomic E-state index is -0.327. The number of amides is 2. The highest BCUT2D eigenvalue weighted by atomic mass is 19.1. The van der Waals surface area contributed by atoms with Crippen molar-refractivity contribution in [1.29, 1.82) is 0 Å². The van der Waals surface area contributed by atoms with Crippen molar-refractivity contribution in [2.75, 3.05) is 45.8 Å². The Hall–Kier alpha value is -2.87. The molecule has 1 fully saturated rings. The molecule has 2 heterocycles. The van der Waals surface area contributed by atoms with Crippen LogP contribution in [0.4, 0.5) is 4.39 Å². The highest BCUT2D eigenvalue weighted by Crippen LogP contribution is 2.17. The van der Waals surface area contributed by atoms with Crippen molar-refractivity contribution in [2.45, 2.75) is 26.9 Å². The molecule has 1 aromatic heterocycles. The molecule has 7 nitrogen and oxygen atoms in total. The lowest BCUT2D eigenvalue weighted by Gasteiger charge is -2.25. The molecule has 31 heavy (non-hydrogen) atoms. The normalized spacial score (nSPS) is 14.9. The first-order valence-electron chi connectivity index (χ1n) is 10.8. The van der Waals surface area contributed by atoms with E-state index in [1.165, 1.54) is 24.3 Å². The lowest BCUT2D eigenvalue weighted by atomic mass is 10.3. The molecule has 0 unspecified atom stereocenters. The van der Waals surface area contributed by atoms with E-state index in [0.717, 1.165) is 13.0 Å². The SMILES string of the molecule is CCN(CC)C(=O)CN1CCCN(C(=O)c2ccc(COc3ccc(F)cc3)o2)CC1. The number of ether oxygens (including phenoxy) is 1. The average molecular weight is 432 g/mol. The van der Waals surface area contributed by atoms with Gasteiger partial charge in [0.1, 0.15) is 23.9 Å². The van der Waals surface area contributed by atoms with Crippen molar-refractivity contribution in [3.05, 3.63) is 53.7 Å². The molecular formula is C23H30FN3O4. The van der Waals surface area contributed by atoms with Crippen molar-refractivity contribution >= 4 is 11.8 Å². The Kier molecular flexibility index (Phi) is 8.06. The molecule has 0 radical (unpaired) electrons. The number of benzene rings is 1. The molecule has 1 aliphatic heterocycles. The van der Waals surface area contributed by atoms with Crippen LogP contribution < -0.4 is 4.74 Å². The zero-order valence-electron chi connectivity index (χ0n) is 18.2. The smallest absolute Gasteiger partial charge is 0.289 e. The molecule has 0 spiro atoms. The fraction of sp³-hybridized carbons (Fsp3) is 0.478. The largest absolute Gasteiger partial charge is 0.486 e. The van der Waals surface area contributed by atoms with Crippen LogP contribution in [0.1, 0.15) is 36.6 Å². The fourth-order valence-electron chi connectivity index (χ4n) is 3.61. The first-order chi connectivity index (χ1) is 15.0. The van der Waals surface area contributed by atoms with E-state index in [-0.39, 0.29) is 30.0 Å². The molecule has 2 aromatic rings. The van der Waals surface area contributed by atoms with Crippen LogP contribution in [0.15, 0.2) is 40.8 Å². The molecule has 0 N–H and O–H groups in total. The van der Waals surface area contributed by atoms with E-state index in [1.807, 2.05) is 18.7 Å². The number of hydrogen-bond donors (Lipinski definition) is 0. The quantitative estimate of drug-likeness (QED) is 0.643. The van der Waals surface area contributed by atoms with Crippen LogP contribution in [0.3, 0.4) is 0 Å². The van der Waals surface area contributed by atoms with Crippen molar-refractivity contribution in [2.24, 2.45) is 0 Å². The Balaban J connectivity index is 1.51. The summed E-state index contributed by atoms with van der Waals surface area (Å²) < 4.78 is 24.2. The van der Waals surface area contributed by atoms with E-state index in [4.69, 9.17) is 9.15 Å². The molecular weight excluding hydrogens is 401 g/mol. The van der Waals surface area contributed by atoms with Gasteiger partial charge >= 0.3 is 0 Å². The maximum absolute atomic E-state index is 13.0. The molecule has 2 amide bonds. The number of hydrogen-bond acceptors (Lipinski definition) is 5. The predicted octanol–water partition coefficient (Wildman–Crippen LogP) is 3.01. The Labute approximate surface area is 182 Å². The molecule has 0 aliphatic carbocycles. The number of carbonyl (C=O) groups excluding carboxylic acids is 2. The number of furan rings is 1. The number of halogens is 1. The van der Waals surface area contributed by atoms with Gasteiger partial charge in [0.15, 0.2) is 5.76 Å². The van der Waals surface area contributed by atoms with E-state index < -0.39 is 0 Å². The summed E-state index contributed by atoms with van der Waals surface area (Å²) in [5.41, 5.74) is 0. The van der Waals surface area contributed by atoms with Crippen LogP contribution in [0.5, 0.6) is 5.75 Å². The Morgan fingerprint density at radius 1 is 1.03 bits per heavy atom. The van der Waals surface area contributed by atoms with E-state index in [1.54, 1.807) is 17.0 Å². The summed E-state index contributed by atoms with van der Waals surface area (Å²) in [6, 6.07) is 9.09. The van der Waals surface area contributed by atoms with Crippen LogP contribution in [0.2, 0.25) is 0 Å². The Morgan fingerprint density at radius 3 is 2.48 bits per heavy atom. The van der Waals surface area contributed by atoms with Crippen LogP contribution in [0, 0.1) is 5.82 Å². The van der Waals surface area contributed by atoms with E-state index in [2.05, 4.69) is 4.90 Å². The molecule has 0 saturated carbocycles. The van der Waals surface area contributed by atoms with Gasteiger partial charge in [-0.3, -0.25) is 14.5 Å². The summed E-state index contributed by atoms with van der Waals surface area (Å²) in [5, 5.41) is 0. The number of carbonyl (C=O) groups is 2. The van der Waals surface area contributed by atoms with Crippen LogP contribution in [-0.4, -0.2) is 72.3 Å². The summed E-state index contributed by atoms with van der Waals surface area (Å²) in [6.07, 6.45) is 0.804. The standard InChI is InChI=1S/C23H30FN3O4/c1-3-26(4-2)22(28)16-25-12-5-13-27(15-14-25)23(29)21-11-10-20(31-21)17-30-19-8-6-18(24)7-9-19/h6-11H,3-5,12-17H2,1-2H3. The molecule has 0 bridgehead atoms. The third-order valence-electron chi connectivity index (χ3n) is 5.42. The van der Waals surface area contributed by atoms with Crippen molar-refractivity contribution in [3.8, 4) is 5.75 Å². The number of nitrogens with zero attached hydrogens (tertiary/aromatic N) is 3. The number of likely N-dealkylation sites (N-methyl/N-ethyl adjacent to an activating group) is 1. The maximum Gasteiger partial charge on any atom is 0.289 e. The summed E-state index contributed by atoms with van der Waals surface area (Å²) in [7, 11) is 0. The van der Waals surface area contributed by atoms with Crippen LogP contribution in [-0.2, 0) is 11.4 Å². The summed E-state index contributed by atoms with van der Waals surface area (Å²) >= 11 is 0. The highest BCUT2D eigenvalue weighted by molar-refractivity contribution is 5.91. The van der Waals surface area contributed by atoms with E-state index in [9.17, 15) is 14.0 Å². The topological polar surface area (TPSA) is 66.2 Å². The third kappa shape index (κ3) is 6.30. The van der Waals surface area contributed by atoms with Gasteiger partial charge in [0, 0.05) is 39.3 Å². The molecule has 0 atom stereocenters. The molecule has 1 saturated heterocycles. The molecule has 1 aromatic carbocycles. The van der Waals surface area contributed by atoms with Crippen LogP contribution in [0.25, 0.3) is 0 Å². The minimum Gasteiger partial charge on any atom is -0.486 e. The predicted molar refractivity (Wildman–Crippen MR) is 114 cm³/mol. The van der Waals surface area contributed by atoms with Gasteiger partial charge in [-0.2, -0.15) is 0 Å². The van der Waals surface area contributed by atoms with Gasteiger partial charge in [0.05, 0.1) is 6.54 Å². The Morgan fingerprint density at radius 2 is 1.77 bits per heavy atom. The first kappa shape index (κ1) is 22.8. The monoisotopic (exact) mass is 431 g/mol. The van der Waals surface area contributed by atoms with Gasteiger partial charge in [-0.25, -0.2) is 4.39 Å². The van der Waals surface area contributed by atoms with E-state index in [0.29, 0.717) is 50.8 Å². The van der Waals surface area contributed by atoms with Gasteiger partial charge < -0.3 is 19.0 Å². The Bertz CT molecular complexity index is 864. The first-order valence-corrected chi connectivity index (χ1v) is 10.8. The molecule has 3 rings (SSSR count). The number of rotatable bonds is 8. The third-order valence-corrected chi connectivity index (χ3v) is 5.42. The zero-order valence-corrected chi connectivity index (χ0v) is 18.2. The maximum atomic E-state index is 13.0. The highest BCUT2D eigenvalue weighted by Gasteiger charge is 2.24. The second-order valence-electron chi connectivity index (χ2n) is 7.50. The van der Waals surface area contributed by atoms with E-state index >= 15 is 0 Å². The summed E-state index contributed by atoms with van der Waals surface area (Å²) in [6.45, 7) is 8.52. The van der Waals surface area contributed by atoms with Gasteiger partial charge in [-0.05, 0) is 56.7 Å². The van der Waals surface area contributed by atoms with Gasteiger partial charge in [-0.15, -0.1) is 0 Å². The van der Waals surface area contributed by atoms with Crippen molar-refractivity contribution in [1.82, 2.24) is 14.7 Å². The zero-order chi connectivity index (χ0) is 22.2. The molecule has 8 heteroatoms. The molecule has 168 valence electrons. The lowest BCUT2D eigenvalue weighted by molar-refractivity contribution is -0.132. The van der Waals surface area contributed by atoms with Crippen molar-refractivity contribution < 1.29 is 23.1 Å². The second kappa shape index (κ2) is 10.9. The summed E-state index contributed by atoms with van der Waals surface area (Å²) in [4.78, 5) is 30.9. The van der Waals surface area contributed by atoms with Gasteiger partial charge in [-0.1, -0.05) is 0 Å². The summed E-state index contributed by atoms with van der Waals surface area (Å²) in [5.74, 6) is 0.954. The van der Waals surface area contributed by atoms with Crippen LogP contribution >= 0.6 is 0 Å². The second-order valence-corrected chi connectivity index (χ2v) is 7.50.